The molecule has 0 bridgehead atoms. The average Bonchev–Trinajstić information content (AvgIpc) is 3.20. The molecule has 0 aliphatic heterocycles. The molecule has 7 nitrogen and oxygen atoms in total. The van der Waals surface area contributed by atoms with Crippen molar-refractivity contribution in [2.75, 3.05) is 4.90 Å². The second-order valence-electron chi connectivity index (χ2n) is 8.10. The van der Waals surface area contributed by atoms with Gasteiger partial charge in [0.15, 0.2) is 0 Å². The quantitative estimate of drug-likeness (QED) is 0.480. The Bertz CT molecular complexity index is 1340. The van der Waals surface area contributed by atoms with Gasteiger partial charge in [-0.05, 0) is 55.2 Å². The monoisotopic (exact) mass is 449 g/mol. The third kappa shape index (κ3) is 4.16. The molecule has 0 atom stereocenters. The van der Waals surface area contributed by atoms with Crippen LogP contribution in [0.5, 0.6) is 0 Å². The topological polar surface area (TPSA) is 83.4 Å². The highest BCUT2D eigenvalue weighted by Crippen LogP contribution is 2.21. The fraction of sp³-hybridized carbons (Fsp3) is 0.250. The van der Waals surface area contributed by atoms with E-state index in [0.717, 1.165) is 5.56 Å². The van der Waals surface area contributed by atoms with Crippen LogP contribution in [0.3, 0.4) is 0 Å². The van der Waals surface area contributed by atoms with Crippen LogP contribution in [0.4, 0.5) is 5.95 Å². The molecule has 0 saturated heterocycles. The highest BCUT2D eigenvalue weighted by atomic mass is 35.5. The normalized spacial score (nSPS) is 11.3. The van der Waals surface area contributed by atoms with Gasteiger partial charge in [-0.1, -0.05) is 49.7 Å². The van der Waals surface area contributed by atoms with E-state index in [-0.39, 0.29) is 29.7 Å². The molecule has 0 fully saturated rings. The summed E-state index contributed by atoms with van der Waals surface area (Å²) in [5.41, 5.74) is 3.50. The van der Waals surface area contributed by atoms with Crippen LogP contribution < -0.4 is 10.5 Å². The number of amides is 1. The fourth-order valence-electron chi connectivity index (χ4n) is 3.40. The highest BCUT2D eigenvalue weighted by Gasteiger charge is 2.23. The molecule has 2 aromatic carbocycles. The Morgan fingerprint density at radius 3 is 2.34 bits per heavy atom. The maximum atomic E-state index is 13.4. The van der Waals surface area contributed by atoms with Crippen LogP contribution in [0.1, 0.15) is 52.5 Å². The maximum absolute atomic E-state index is 13.4. The molecule has 1 amide bonds. The third-order valence-electron chi connectivity index (χ3n) is 5.53. The summed E-state index contributed by atoms with van der Waals surface area (Å²) in [6.07, 6.45) is 0. The molecule has 32 heavy (non-hydrogen) atoms. The number of halogens is 1. The Balaban J connectivity index is 1.79. The van der Waals surface area contributed by atoms with Crippen molar-refractivity contribution in [2.45, 2.75) is 40.2 Å². The zero-order valence-electron chi connectivity index (χ0n) is 18.4. The van der Waals surface area contributed by atoms with E-state index in [4.69, 9.17) is 11.6 Å². The molecule has 0 unspecified atom stereocenters. The lowest BCUT2D eigenvalue weighted by Crippen LogP contribution is -2.31. The molecular weight excluding hydrogens is 426 g/mol. The van der Waals surface area contributed by atoms with E-state index < -0.39 is 0 Å². The lowest BCUT2D eigenvalue weighted by atomic mass is 10.0. The lowest BCUT2D eigenvalue weighted by Gasteiger charge is -2.20. The molecule has 1 N–H and O–H groups in total. The number of hydrogen-bond donors (Lipinski definition) is 1. The van der Waals surface area contributed by atoms with Gasteiger partial charge < -0.3 is 0 Å². The Morgan fingerprint density at radius 1 is 1.06 bits per heavy atom. The van der Waals surface area contributed by atoms with Gasteiger partial charge in [-0.2, -0.15) is 9.50 Å². The Labute approximate surface area is 190 Å². The summed E-state index contributed by atoms with van der Waals surface area (Å²) < 4.78 is 1.27. The van der Waals surface area contributed by atoms with Gasteiger partial charge in [-0.15, -0.1) is 0 Å². The first-order valence-electron chi connectivity index (χ1n) is 10.4. The van der Waals surface area contributed by atoms with E-state index >= 15 is 0 Å². The predicted molar refractivity (Wildman–Crippen MR) is 126 cm³/mol. The third-order valence-corrected chi connectivity index (χ3v) is 5.78. The van der Waals surface area contributed by atoms with Gasteiger partial charge >= 0.3 is 0 Å². The number of benzene rings is 2. The number of aromatic amines is 1. The molecule has 2 heterocycles. The molecule has 8 heteroatoms. The number of rotatable bonds is 5. The minimum atomic E-state index is -0.268. The van der Waals surface area contributed by atoms with Crippen molar-refractivity contribution in [3.63, 3.8) is 0 Å². The average molecular weight is 450 g/mol. The van der Waals surface area contributed by atoms with Gasteiger partial charge in [0.2, 0.25) is 5.95 Å². The number of aryl methyl sites for hydroxylation is 1. The molecule has 2 aromatic heterocycles. The molecule has 164 valence electrons. The SMILES string of the molecule is Cc1nc2nc(N(Cc3ccc(C(C)C)cc3)C(=O)c3ccc(Cl)cc3)[nH]n2c(=O)c1C. The number of anilines is 1. The van der Waals surface area contributed by atoms with Crippen LogP contribution in [0.25, 0.3) is 5.78 Å². The zero-order valence-corrected chi connectivity index (χ0v) is 19.1. The maximum Gasteiger partial charge on any atom is 0.277 e. The van der Waals surface area contributed by atoms with Crippen molar-refractivity contribution in [3.8, 4) is 0 Å². The molecule has 0 saturated carbocycles. The molecule has 4 rings (SSSR count). The second-order valence-corrected chi connectivity index (χ2v) is 8.54. The molecule has 0 aliphatic carbocycles. The minimum absolute atomic E-state index is 0.220. The molecule has 4 aromatic rings. The van der Waals surface area contributed by atoms with Crippen LogP contribution in [-0.4, -0.2) is 25.5 Å². The van der Waals surface area contributed by atoms with Crippen LogP contribution >= 0.6 is 11.6 Å². The number of fused-ring (bicyclic) bond motifs is 1. The number of carbonyl (C=O) groups is 1. The van der Waals surface area contributed by atoms with Gasteiger partial charge in [-0.25, -0.2) is 4.98 Å². The summed E-state index contributed by atoms with van der Waals surface area (Å²) in [6.45, 7) is 8.01. The predicted octanol–water partition coefficient (Wildman–Crippen LogP) is 4.66. The molecular formula is C24H24ClN5O2. The summed E-state index contributed by atoms with van der Waals surface area (Å²) in [5.74, 6) is 0.607. The zero-order chi connectivity index (χ0) is 23.0. The highest BCUT2D eigenvalue weighted by molar-refractivity contribution is 6.30. The summed E-state index contributed by atoms with van der Waals surface area (Å²) in [5, 5.41) is 3.50. The number of aromatic nitrogens is 4. The van der Waals surface area contributed by atoms with Gasteiger partial charge in [0, 0.05) is 21.8 Å². The van der Waals surface area contributed by atoms with Gasteiger partial charge in [0.25, 0.3) is 17.2 Å². The number of nitrogens with one attached hydrogen (secondary N) is 1. The van der Waals surface area contributed by atoms with Crippen LogP contribution in [0.2, 0.25) is 5.02 Å². The molecule has 0 spiro atoms. The van der Waals surface area contributed by atoms with E-state index in [9.17, 15) is 9.59 Å². The van der Waals surface area contributed by atoms with Gasteiger partial charge in [0.05, 0.1) is 6.54 Å². The standard InChI is InChI=1S/C24H24ClN5O2/c1-14(2)18-7-5-17(6-8-18)13-29(22(32)19-9-11-20(25)12-10-19)24-27-23-26-16(4)15(3)21(31)30(23)28-24/h5-12,14H,13H2,1-4H3,(H,26,27,28). The Kier molecular flexibility index (Phi) is 5.84. The minimum Gasteiger partial charge on any atom is -0.272 e. The number of carbonyl (C=O) groups excluding carboxylic acids is 1. The summed E-state index contributed by atoms with van der Waals surface area (Å²) in [6, 6.07) is 14.8. The van der Waals surface area contributed by atoms with Crippen molar-refractivity contribution in [2.24, 2.45) is 0 Å². The Morgan fingerprint density at radius 2 is 1.72 bits per heavy atom. The Hall–Kier alpha value is -3.45. The summed E-state index contributed by atoms with van der Waals surface area (Å²) in [4.78, 5) is 36.5. The van der Waals surface area contributed by atoms with Crippen LogP contribution in [0.15, 0.2) is 53.3 Å². The number of nitrogens with zero attached hydrogens (tertiary/aromatic N) is 4. The largest absolute Gasteiger partial charge is 0.277 e. The van der Waals surface area contributed by atoms with E-state index in [2.05, 4.69) is 41.0 Å². The molecule has 0 aliphatic rings. The van der Waals surface area contributed by atoms with Crippen molar-refractivity contribution >= 4 is 29.2 Å². The van der Waals surface area contributed by atoms with Crippen molar-refractivity contribution in [1.82, 2.24) is 19.6 Å². The van der Waals surface area contributed by atoms with Crippen molar-refractivity contribution in [1.29, 1.82) is 0 Å². The van der Waals surface area contributed by atoms with E-state index in [1.54, 1.807) is 38.1 Å². The lowest BCUT2D eigenvalue weighted by molar-refractivity contribution is 0.0983. The van der Waals surface area contributed by atoms with Gasteiger partial charge in [-0.3, -0.25) is 19.6 Å². The second kappa shape index (κ2) is 8.59. The first-order chi connectivity index (χ1) is 15.2. The summed E-state index contributed by atoms with van der Waals surface area (Å²) in [7, 11) is 0. The molecule has 0 radical (unpaired) electrons. The van der Waals surface area contributed by atoms with E-state index in [1.165, 1.54) is 15.0 Å². The van der Waals surface area contributed by atoms with Crippen molar-refractivity contribution in [3.05, 3.63) is 91.9 Å². The first kappa shape index (κ1) is 21.8. The van der Waals surface area contributed by atoms with Crippen LogP contribution in [-0.2, 0) is 6.54 Å². The van der Waals surface area contributed by atoms with E-state index in [1.807, 2.05) is 12.1 Å². The van der Waals surface area contributed by atoms with Crippen molar-refractivity contribution < 1.29 is 4.79 Å². The first-order valence-corrected chi connectivity index (χ1v) is 10.7. The number of hydrogen-bond acceptors (Lipinski definition) is 4. The van der Waals surface area contributed by atoms with E-state index in [0.29, 0.717) is 27.8 Å². The van der Waals surface area contributed by atoms with Crippen LogP contribution in [0, 0.1) is 13.8 Å². The number of H-pyrrole nitrogens is 1. The fourth-order valence-corrected chi connectivity index (χ4v) is 3.52. The smallest absolute Gasteiger partial charge is 0.272 e. The van der Waals surface area contributed by atoms with Gasteiger partial charge in [0.1, 0.15) is 0 Å². The summed E-state index contributed by atoms with van der Waals surface area (Å²) >= 11 is 5.99.